The normalized spacial score (nSPS) is 28.8. The van der Waals surface area contributed by atoms with E-state index in [2.05, 4.69) is 19.2 Å². The van der Waals surface area contributed by atoms with Crippen LogP contribution < -0.4 is 11.1 Å². The molecule has 2 rings (SSSR count). The number of rotatable bonds is 6. The predicted octanol–water partition coefficient (Wildman–Crippen LogP) is 3.62. The molecule has 2 unspecified atom stereocenters. The Bertz CT molecular complexity index is 334. The van der Waals surface area contributed by atoms with Crippen molar-refractivity contribution in [3.05, 3.63) is 0 Å². The molecule has 0 aromatic heterocycles. The Labute approximate surface area is 130 Å². The van der Waals surface area contributed by atoms with Gasteiger partial charge in [-0.15, -0.1) is 0 Å². The standard InChI is InChI=1S/C18H34N2O/c1-14(2)12-18(9-5-6-10-18)13-20-17(21)11-15-7-3-4-8-16(15)19/h14-16H,3-13,19H2,1-2H3,(H,20,21). The summed E-state index contributed by atoms with van der Waals surface area (Å²) >= 11 is 0. The van der Waals surface area contributed by atoms with E-state index >= 15 is 0 Å². The molecule has 0 aromatic rings. The van der Waals surface area contributed by atoms with E-state index in [0.717, 1.165) is 19.4 Å². The molecular formula is C18H34N2O. The molecule has 2 fully saturated rings. The number of nitrogens with one attached hydrogen (secondary N) is 1. The first-order valence-electron chi connectivity index (χ1n) is 9.03. The third-order valence-corrected chi connectivity index (χ3v) is 5.58. The van der Waals surface area contributed by atoms with Gasteiger partial charge in [-0.25, -0.2) is 0 Å². The summed E-state index contributed by atoms with van der Waals surface area (Å²) in [6.45, 7) is 5.47. The van der Waals surface area contributed by atoms with Gasteiger partial charge >= 0.3 is 0 Å². The summed E-state index contributed by atoms with van der Waals surface area (Å²) in [5.74, 6) is 1.35. The lowest BCUT2D eigenvalue weighted by molar-refractivity contribution is -0.123. The van der Waals surface area contributed by atoms with Crippen molar-refractivity contribution < 1.29 is 4.79 Å². The van der Waals surface area contributed by atoms with E-state index in [1.54, 1.807) is 0 Å². The smallest absolute Gasteiger partial charge is 0.220 e. The fourth-order valence-electron chi connectivity index (χ4n) is 4.53. The maximum absolute atomic E-state index is 12.3. The first-order valence-corrected chi connectivity index (χ1v) is 9.03. The van der Waals surface area contributed by atoms with Crippen molar-refractivity contribution in [1.29, 1.82) is 0 Å². The molecule has 2 saturated carbocycles. The summed E-state index contributed by atoms with van der Waals surface area (Å²) in [6, 6.07) is 0.237. The van der Waals surface area contributed by atoms with E-state index in [-0.39, 0.29) is 11.9 Å². The van der Waals surface area contributed by atoms with E-state index in [1.165, 1.54) is 44.9 Å². The lowest BCUT2D eigenvalue weighted by Gasteiger charge is -2.32. The van der Waals surface area contributed by atoms with Crippen LogP contribution in [0.15, 0.2) is 0 Å². The molecule has 3 heteroatoms. The zero-order chi connectivity index (χ0) is 15.3. The van der Waals surface area contributed by atoms with Gasteiger partial charge in [-0.05, 0) is 49.4 Å². The molecule has 2 aliphatic carbocycles. The van der Waals surface area contributed by atoms with E-state index in [0.29, 0.717) is 23.7 Å². The quantitative estimate of drug-likeness (QED) is 0.786. The van der Waals surface area contributed by atoms with Gasteiger partial charge in [0.05, 0.1) is 0 Å². The first kappa shape index (κ1) is 16.8. The number of nitrogens with two attached hydrogens (primary N) is 1. The number of hydrogen-bond donors (Lipinski definition) is 2. The topological polar surface area (TPSA) is 55.1 Å². The Morgan fingerprint density at radius 1 is 1.19 bits per heavy atom. The second-order valence-electron chi connectivity index (χ2n) is 7.99. The van der Waals surface area contributed by atoms with Gasteiger partial charge < -0.3 is 11.1 Å². The average Bonchev–Trinajstić information content (AvgIpc) is 2.87. The Balaban J connectivity index is 1.79. The zero-order valence-electron chi connectivity index (χ0n) is 14.0. The third-order valence-electron chi connectivity index (χ3n) is 5.58. The van der Waals surface area contributed by atoms with Crippen LogP contribution in [0, 0.1) is 17.3 Å². The summed E-state index contributed by atoms with van der Waals surface area (Å²) < 4.78 is 0. The SMILES string of the molecule is CC(C)CC1(CNC(=O)CC2CCCCC2N)CCCC1. The minimum absolute atomic E-state index is 0.229. The van der Waals surface area contributed by atoms with Crippen LogP contribution in [-0.2, 0) is 4.79 Å². The van der Waals surface area contributed by atoms with Crippen molar-refractivity contribution in [3.8, 4) is 0 Å². The maximum Gasteiger partial charge on any atom is 0.220 e. The van der Waals surface area contributed by atoms with Crippen LogP contribution in [0.5, 0.6) is 0 Å². The molecule has 0 bridgehead atoms. The van der Waals surface area contributed by atoms with Gasteiger partial charge in [0.15, 0.2) is 0 Å². The molecule has 1 amide bonds. The molecular weight excluding hydrogens is 260 g/mol. The Hall–Kier alpha value is -0.570. The summed E-state index contributed by atoms with van der Waals surface area (Å²) in [6.07, 6.45) is 11.8. The molecule has 3 nitrogen and oxygen atoms in total. The highest BCUT2D eigenvalue weighted by molar-refractivity contribution is 5.76. The molecule has 0 radical (unpaired) electrons. The van der Waals surface area contributed by atoms with Crippen molar-refractivity contribution in [2.45, 2.75) is 84.1 Å². The third kappa shape index (κ3) is 4.98. The number of hydrogen-bond acceptors (Lipinski definition) is 2. The van der Waals surface area contributed by atoms with Crippen LogP contribution in [0.4, 0.5) is 0 Å². The summed E-state index contributed by atoms with van der Waals surface area (Å²) in [7, 11) is 0. The van der Waals surface area contributed by atoms with Gasteiger partial charge in [0, 0.05) is 19.0 Å². The van der Waals surface area contributed by atoms with Crippen molar-refractivity contribution in [2.24, 2.45) is 23.0 Å². The predicted molar refractivity (Wildman–Crippen MR) is 87.9 cm³/mol. The van der Waals surface area contributed by atoms with Crippen molar-refractivity contribution >= 4 is 5.91 Å². The second kappa shape index (κ2) is 7.62. The monoisotopic (exact) mass is 294 g/mol. The van der Waals surface area contributed by atoms with Gasteiger partial charge in [-0.2, -0.15) is 0 Å². The molecule has 122 valence electrons. The zero-order valence-corrected chi connectivity index (χ0v) is 14.0. The molecule has 0 aromatic carbocycles. The van der Waals surface area contributed by atoms with Crippen LogP contribution in [0.3, 0.4) is 0 Å². The van der Waals surface area contributed by atoms with E-state index < -0.39 is 0 Å². The van der Waals surface area contributed by atoms with E-state index in [9.17, 15) is 4.79 Å². The van der Waals surface area contributed by atoms with Crippen molar-refractivity contribution in [1.82, 2.24) is 5.32 Å². The number of carbonyl (C=O) groups is 1. The minimum atomic E-state index is 0.229. The van der Waals surface area contributed by atoms with Gasteiger partial charge in [0.1, 0.15) is 0 Å². The molecule has 0 spiro atoms. The molecule has 0 aliphatic heterocycles. The highest BCUT2D eigenvalue weighted by Crippen LogP contribution is 2.42. The summed E-state index contributed by atoms with van der Waals surface area (Å²) in [4.78, 5) is 12.3. The molecule has 0 saturated heterocycles. The van der Waals surface area contributed by atoms with Crippen LogP contribution in [0.2, 0.25) is 0 Å². The van der Waals surface area contributed by atoms with Crippen molar-refractivity contribution in [3.63, 3.8) is 0 Å². The van der Waals surface area contributed by atoms with Crippen molar-refractivity contribution in [2.75, 3.05) is 6.54 Å². The Morgan fingerprint density at radius 3 is 2.48 bits per heavy atom. The van der Waals surface area contributed by atoms with Crippen LogP contribution >= 0.6 is 0 Å². The van der Waals surface area contributed by atoms with E-state index in [4.69, 9.17) is 5.73 Å². The van der Waals surface area contributed by atoms with Gasteiger partial charge in [0.25, 0.3) is 0 Å². The van der Waals surface area contributed by atoms with Crippen LogP contribution in [-0.4, -0.2) is 18.5 Å². The Kier molecular flexibility index (Phi) is 6.09. The molecule has 2 atom stereocenters. The van der Waals surface area contributed by atoms with Gasteiger partial charge in [0.2, 0.25) is 5.91 Å². The van der Waals surface area contributed by atoms with Gasteiger partial charge in [-0.3, -0.25) is 4.79 Å². The largest absolute Gasteiger partial charge is 0.356 e. The highest BCUT2D eigenvalue weighted by Gasteiger charge is 2.35. The Morgan fingerprint density at radius 2 is 1.86 bits per heavy atom. The number of carbonyl (C=O) groups excluding carboxylic acids is 1. The fourth-order valence-corrected chi connectivity index (χ4v) is 4.53. The molecule has 21 heavy (non-hydrogen) atoms. The van der Waals surface area contributed by atoms with Crippen LogP contribution in [0.25, 0.3) is 0 Å². The summed E-state index contributed by atoms with van der Waals surface area (Å²) in [5.41, 5.74) is 6.53. The maximum atomic E-state index is 12.3. The molecule has 2 aliphatic rings. The van der Waals surface area contributed by atoms with Crippen LogP contribution in [0.1, 0.15) is 78.1 Å². The van der Waals surface area contributed by atoms with Gasteiger partial charge in [-0.1, -0.05) is 39.5 Å². The van der Waals surface area contributed by atoms with E-state index in [1.807, 2.05) is 0 Å². The molecule has 0 heterocycles. The lowest BCUT2D eigenvalue weighted by Crippen LogP contribution is -2.40. The molecule has 3 N–H and O–H groups in total. The lowest BCUT2D eigenvalue weighted by atomic mass is 9.78. The minimum Gasteiger partial charge on any atom is -0.356 e. The number of amides is 1. The average molecular weight is 294 g/mol. The fraction of sp³-hybridized carbons (Fsp3) is 0.944. The second-order valence-corrected chi connectivity index (χ2v) is 7.99. The summed E-state index contributed by atoms with van der Waals surface area (Å²) in [5, 5.41) is 3.24. The highest BCUT2D eigenvalue weighted by atomic mass is 16.1. The first-order chi connectivity index (χ1) is 10.0.